The molecule has 0 radical (unpaired) electrons. The van der Waals surface area contributed by atoms with Crippen LogP contribution in [0.15, 0.2) is 0 Å². The van der Waals surface area contributed by atoms with E-state index >= 15 is 0 Å². The van der Waals surface area contributed by atoms with Crippen LogP contribution in [0.3, 0.4) is 0 Å². The summed E-state index contributed by atoms with van der Waals surface area (Å²) < 4.78 is 9.86. The van der Waals surface area contributed by atoms with Crippen LogP contribution < -0.4 is 0 Å². The van der Waals surface area contributed by atoms with Gasteiger partial charge >= 0.3 is 11.9 Å². The predicted octanol–water partition coefficient (Wildman–Crippen LogP) is 1.10. The number of carbonyl (C=O) groups is 2. The molecular weight excluding hydrogens is 232 g/mol. The minimum atomic E-state index is -0.254. The quantitative estimate of drug-likeness (QED) is 0.689. The second-order valence-electron chi connectivity index (χ2n) is 6.44. The lowest BCUT2D eigenvalue weighted by Gasteiger charge is -2.38. The molecule has 0 aromatic rings. The molecule has 0 amide bonds. The highest BCUT2D eigenvalue weighted by molar-refractivity contribution is 5.85. The van der Waals surface area contributed by atoms with Crippen molar-refractivity contribution in [3.63, 3.8) is 0 Å². The fraction of sp³-hybridized carbons (Fsp3) is 0.857. The van der Waals surface area contributed by atoms with Gasteiger partial charge in [-0.05, 0) is 41.4 Å². The van der Waals surface area contributed by atoms with E-state index in [0.717, 1.165) is 5.92 Å². The standard InChI is InChI=1S/C14H18O4/c1-5-10-8(12(15)17-2)9(13(16)18-3)11-6-4-7(6)14(5,10)11/h5-11H,4H2,1-3H3. The average Bonchev–Trinajstić information content (AvgIpc) is 3.21. The molecule has 0 saturated heterocycles. The highest BCUT2D eigenvalue weighted by Crippen LogP contribution is 2.93. The van der Waals surface area contributed by atoms with Gasteiger partial charge in [0.1, 0.15) is 0 Å². The first kappa shape index (κ1) is 10.8. The van der Waals surface area contributed by atoms with Crippen molar-refractivity contribution in [1.82, 2.24) is 0 Å². The third kappa shape index (κ3) is 0.836. The van der Waals surface area contributed by atoms with Gasteiger partial charge in [0, 0.05) is 0 Å². The zero-order chi connectivity index (χ0) is 12.8. The largest absolute Gasteiger partial charge is 0.469 e. The molecule has 1 spiro atoms. The monoisotopic (exact) mass is 250 g/mol. The molecule has 4 heteroatoms. The van der Waals surface area contributed by atoms with Crippen molar-refractivity contribution in [2.45, 2.75) is 13.3 Å². The average molecular weight is 250 g/mol. The molecule has 18 heavy (non-hydrogen) atoms. The Labute approximate surface area is 106 Å². The molecule has 0 N–H and O–H groups in total. The Balaban J connectivity index is 1.73. The number of hydrogen-bond donors (Lipinski definition) is 0. The van der Waals surface area contributed by atoms with Crippen molar-refractivity contribution >= 4 is 11.9 Å². The maximum absolute atomic E-state index is 12.0. The van der Waals surface area contributed by atoms with E-state index in [1.165, 1.54) is 20.6 Å². The van der Waals surface area contributed by atoms with Crippen molar-refractivity contribution in [1.29, 1.82) is 0 Å². The summed E-state index contributed by atoms with van der Waals surface area (Å²) in [6.07, 6.45) is 1.26. The zero-order valence-corrected chi connectivity index (χ0v) is 10.9. The molecule has 0 aromatic heterocycles. The van der Waals surface area contributed by atoms with E-state index in [0.29, 0.717) is 29.1 Å². The smallest absolute Gasteiger partial charge is 0.309 e. The molecular formula is C14H18O4. The van der Waals surface area contributed by atoms with Gasteiger partial charge in [-0.25, -0.2) is 0 Å². The van der Waals surface area contributed by atoms with Gasteiger partial charge in [-0.3, -0.25) is 9.59 Å². The number of esters is 2. The molecule has 4 saturated carbocycles. The van der Waals surface area contributed by atoms with Crippen molar-refractivity contribution in [3.05, 3.63) is 0 Å². The lowest BCUT2D eigenvalue weighted by Crippen LogP contribution is -2.42. The number of ether oxygens (including phenoxy) is 2. The van der Waals surface area contributed by atoms with Crippen LogP contribution >= 0.6 is 0 Å². The SMILES string of the molecule is COC(=O)C1C(C(=O)OC)C2C(C)C23C2CC2C13. The third-order valence-electron chi connectivity index (χ3n) is 6.42. The summed E-state index contributed by atoms with van der Waals surface area (Å²) in [7, 11) is 2.83. The Hall–Kier alpha value is -1.06. The number of rotatable bonds is 2. The van der Waals surface area contributed by atoms with Crippen LogP contribution in [-0.4, -0.2) is 26.2 Å². The van der Waals surface area contributed by atoms with E-state index in [4.69, 9.17) is 9.47 Å². The fourth-order valence-corrected chi connectivity index (χ4v) is 5.95. The van der Waals surface area contributed by atoms with Gasteiger partial charge in [0.05, 0.1) is 26.1 Å². The lowest BCUT2D eigenvalue weighted by atomic mass is 9.65. The molecule has 8 unspecified atom stereocenters. The lowest BCUT2D eigenvalue weighted by molar-refractivity contribution is -0.160. The van der Waals surface area contributed by atoms with Crippen LogP contribution in [-0.2, 0) is 19.1 Å². The van der Waals surface area contributed by atoms with Gasteiger partial charge in [0.2, 0.25) is 0 Å². The Morgan fingerprint density at radius 1 is 1.06 bits per heavy atom. The number of carbonyl (C=O) groups excluding carboxylic acids is 2. The van der Waals surface area contributed by atoms with Crippen molar-refractivity contribution < 1.29 is 19.1 Å². The van der Waals surface area contributed by atoms with Crippen LogP contribution in [0, 0.1) is 46.8 Å². The minimum Gasteiger partial charge on any atom is -0.469 e. The zero-order valence-electron chi connectivity index (χ0n) is 10.9. The number of methoxy groups -OCH3 is 2. The van der Waals surface area contributed by atoms with E-state index in [1.807, 2.05) is 0 Å². The summed E-state index contributed by atoms with van der Waals surface area (Å²) in [5, 5.41) is 0. The second kappa shape index (κ2) is 2.91. The second-order valence-corrected chi connectivity index (χ2v) is 6.44. The summed E-state index contributed by atoms with van der Waals surface area (Å²) in [6, 6.07) is 0. The van der Waals surface area contributed by atoms with Crippen molar-refractivity contribution in [2.75, 3.05) is 14.2 Å². The maximum Gasteiger partial charge on any atom is 0.309 e. The summed E-state index contributed by atoms with van der Waals surface area (Å²) in [5.74, 6) is 1.87. The Bertz CT molecular complexity index is 443. The van der Waals surface area contributed by atoms with Crippen LogP contribution in [0.25, 0.3) is 0 Å². The molecule has 0 aliphatic heterocycles. The minimum absolute atomic E-state index is 0.209. The fourth-order valence-electron chi connectivity index (χ4n) is 5.95. The molecule has 4 rings (SSSR count). The van der Waals surface area contributed by atoms with Crippen LogP contribution in [0.2, 0.25) is 0 Å². The molecule has 4 aliphatic carbocycles. The highest BCUT2D eigenvalue weighted by Gasteiger charge is 2.92. The van der Waals surface area contributed by atoms with E-state index in [2.05, 4.69) is 6.92 Å². The Kier molecular flexibility index (Phi) is 1.75. The molecule has 4 fully saturated rings. The molecule has 4 aliphatic rings. The van der Waals surface area contributed by atoms with Gasteiger partial charge in [-0.1, -0.05) is 6.92 Å². The number of fused-ring (bicyclic) bond motifs is 2. The molecule has 0 bridgehead atoms. The van der Waals surface area contributed by atoms with Crippen molar-refractivity contribution in [2.24, 2.45) is 46.8 Å². The van der Waals surface area contributed by atoms with Crippen molar-refractivity contribution in [3.8, 4) is 0 Å². The number of hydrogen-bond acceptors (Lipinski definition) is 4. The first-order chi connectivity index (χ1) is 8.60. The Morgan fingerprint density at radius 3 is 2.17 bits per heavy atom. The van der Waals surface area contributed by atoms with Gasteiger partial charge in [0.15, 0.2) is 0 Å². The Morgan fingerprint density at radius 2 is 1.61 bits per heavy atom. The maximum atomic E-state index is 12.0. The molecule has 0 heterocycles. The van der Waals surface area contributed by atoms with Crippen LogP contribution in [0.4, 0.5) is 0 Å². The topological polar surface area (TPSA) is 52.6 Å². The van der Waals surface area contributed by atoms with Gasteiger partial charge in [-0.2, -0.15) is 0 Å². The van der Waals surface area contributed by atoms with Gasteiger partial charge in [-0.15, -0.1) is 0 Å². The molecule has 98 valence electrons. The summed E-state index contributed by atoms with van der Waals surface area (Å²) in [5.41, 5.74) is 0.294. The van der Waals surface area contributed by atoms with E-state index in [1.54, 1.807) is 0 Å². The van der Waals surface area contributed by atoms with Gasteiger partial charge < -0.3 is 9.47 Å². The molecule has 0 aromatic carbocycles. The summed E-state index contributed by atoms with van der Waals surface area (Å²) >= 11 is 0. The molecule has 8 atom stereocenters. The van der Waals surface area contributed by atoms with E-state index in [9.17, 15) is 9.59 Å². The van der Waals surface area contributed by atoms with Crippen LogP contribution in [0.5, 0.6) is 0 Å². The predicted molar refractivity (Wildman–Crippen MR) is 61.2 cm³/mol. The first-order valence-electron chi connectivity index (χ1n) is 6.76. The third-order valence-corrected chi connectivity index (χ3v) is 6.42. The highest BCUT2D eigenvalue weighted by atomic mass is 16.5. The summed E-state index contributed by atoms with van der Waals surface area (Å²) in [6.45, 7) is 2.23. The van der Waals surface area contributed by atoms with E-state index in [-0.39, 0.29) is 23.8 Å². The summed E-state index contributed by atoms with van der Waals surface area (Å²) in [4.78, 5) is 24.1. The van der Waals surface area contributed by atoms with Crippen LogP contribution in [0.1, 0.15) is 13.3 Å². The van der Waals surface area contributed by atoms with E-state index < -0.39 is 0 Å². The first-order valence-corrected chi connectivity index (χ1v) is 6.76. The molecule has 4 nitrogen and oxygen atoms in total. The normalized spacial score (nSPS) is 57.6. The van der Waals surface area contributed by atoms with Gasteiger partial charge in [0.25, 0.3) is 0 Å².